The molecule has 0 aromatic carbocycles. The third-order valence-electron chi connectivity index (χ3n) is 3.21. The molecule has 1 saturated carbocycles. The second kappa shape index (κ2) is 4.35. The molecule has 0 amide bonds. The largest absolute Gasteiger partial charge is 0.316 e. The fraction of sp³-hybridized carbons (Fsp3) is 0.750. The summed E-state index contributed by atoms with van der Waals surface area (Å²) < 4.78 is 1.89. The van der Waals surface area contributed by atoms with Gasteiger partial charge in [0.25, 0.3) is 0 Å². The first-order chi connectivity index (χ1) is 7.24. The van der Waals surface area contributed by atoms with Gasteiger partial charge < -0.3 is 5.32 Å². The number of nitrogens with one attached hydrogen (secondary N) is 1. The molecular weight excluding hydrogens is 186 g/mol. The summed E-state index contributed by atoms with van der Waals surface area (Å²) in [4.78, 5) is 0. The van der Waals surface area contributed by atoms with Gasteiger partial charge in [0.05, 0.1) is 5.69 Å². The Bertz CT molecular complexity index is 312. The maximum Gasteiger partial charge on any atom is 0.0630 e. The molecule has 2 rings (SSSR count). The van der Waals surface area contributed by atoms with Gasteiger partial charge in [-0.15, -0.1) is 0 Å². The molecule has 0 bridgehead atoms. The molecule has 0 unspecified atom stereocenters. The summed E-state index contributed by atoms with van der Waals surface area (Å²) in [7, 11) is 1.98. The number of nitrogens with zero attached hydrogens (tertiary/aromatic N) is 2. The highest BCUT2D eigenvalue weighted by molar-refractivity contribution is 5.08. The van der Waals surface area contributed by atoms with Gasteiger partial charge in [-0.2, -0.15) is 5.10 Å². The van der Waals surface area contributed by atoms with Crippen molar-refractivity contribution in [1.29, 1.82) is 0 Å². The number of hydrogen-bond donors (Lipinski definition) is 1. The fourth-order valence-corrected chi connectivity index (χ4v) is 2.06. The average molecular weight is 207 g/mol. The molecule has 0 atom stereocenters. The lowest BCUT2D eigenvalue weighted by molar-refractivity contribution is 0.449. The van der Waals surface area contributed by atoms with Crippen LogP contribution in [0.1, 0.15) is 31.9 Å². The van der Waals surface area contributed by atoms with Crippen molar-refractivity contribution in [3.8, 4) is 0 Å². The second-order valence-electron chi connectivity index (χ2n) is 4.83. The second-order valence-corrected chi connectivity index (χ2v) is 4.83. The highest BCUT2D eigenvalue weighted by Crippen LogP contribution is 2.47. The third-order valence-corrected chi connectivity index (χ3v) is 3.21. The number of aryl methyl sites for hydroxylation is 1. The molecular formula is C12H21N3. The lowest BCUT2D eigenvalue weighted by Crippen LogP contribution is -2.26. The molecule has 84 valence electrons. The minimum Gasteiger partial charge on any atom is -0.316 e. The van der Waals surface area contributed by atoms with Crippen molar-refractivity contribution in [2.75, 3.05) is 13.1 Å². The molecule has 1 aromatic rings. The topological polar surface area (TPSA) is 29.9 Å². The van der Waals surface area contributed by atoms with Crippen molar-refractivity contribution >= 4 is 0 Å². The zero-order valence-corrected chi connectivity index (χ0v) is 9.79. The molecule has 0 aliphatic heterocycles. The van der Waals surface area contributed by atoms with E-state index < -0.39 is 0 Å². The minimum absolute atomic E-state index is 0.531. The van der Waals surface area contributed by atoms with Gasteiger partial charge in [0.2, 0.25) is 0 Å². The summed E-state index contributed by atoms with van der Waals surface area (Å²) in [6, 6.07) is 2.14. The quantitative estimate of drug-likeness (QED) is 0.720. The van der Waals surface area contributed by atoms with Crippen LogP contribution >= 0.6 is 0 Å². The smallest absolute Gasteiger partial charge is 0.0630 e. The van der Waals surface area contributed by atoms with E-state index in [2.05, 4.69) is 23.4 Å². The Balaban J connectivity index is 1.83. The molecule has 1 aliphatic carbocycles. The van der Waals surface area contributed by atoms with Crippen molar-refractivity contribution < 1.29 is 0 Å². The summed E-state index contributed by atoms with van der Waals surface area (Å²) >= 11 is 0. The molecule has 1 aliphatic rings. The van der Waals surface area contributed by atoms with Gasteiger partial charge in [0.1, 0.15) is 0 Å². The molecule has 0 saturated heterocycles. The third kappa shape index (κ3) is 2.81. The monoisotopic (exact) mass is 207 g/mol. The van der Waals surface area contributed by atoms with Gasteiger partial charge in [0, 0.05) is 19.8 Å². The van der Waals surface area contributed by atoms with Crippen LogP contribution in [-0.2, 0) is 13.5 Å². The van der Waals surface area contributed by atoms with Crippen molar-refractivity contribution in [3.63, 3.8) is 0 Å². The zero-order chi connectivity index (χ0) is 10.7. The van der Waals surface area contributed by atoms with E-state index in [1.807, 2.05) is 17.9 Å². The Kier molecular flexibility index (Phi) is 3.10. The highest BCUT2D eigenvalue weighted by Gasteiger charge is 2.42. The van der Waals surface area contributed by atoms with Gasteiger partial charge >= 0.3 is 0 Å². The zero-order valence-electron chi connectivity index (χ0n) is 9.79. The van der Waals surface area contributed by atoms with Gasteiger partial charge in [-0.1, -0.05) is 6.92 Å². The summed E-state index contributed by atoms with van der Waals surface area (Å²) in [5, 5.41) is 7.98. The van der Waals surface area contributed by atoms with Crippen LogP contribution in [0.3, 0.4) is 0 Å². The van der Waals surface area contributed by atoms with Gasteiger partial charge in [-0.05, 0) is 43.7 Å². The van der Waals surface area contributed by atoms with Crippen LogP contribution in [0.25, 0.3) is 0 Å². The molecule has 1 aromatic heterocycles. The first kappa shape index (κ1) is 10.7. The molecule has 1 fully saturated rings. The van der Waals surface area contributed by atoms with E-state index >= 15 is 0 Å². The molecule has 15 heavy (non-hydrogen) atoms. The Hall–Kier alpha value is -0.830. The van der Waals surface area contributed by atoms with Crippen LogP contribution in [-0.4, -0.2) is 22.9 Å². The first-order valence-electron chi connectivity index (χ1n) is 5.93. The Morgan fingerprint density at radius 2 is 2.33 bits per heavy atom. The molecule has 3 nitrogen and oxygen atoms in total. The van der Waals surface area contributed by atoms with E-state index in [9.17, 15) is 0 Å². The predicted molar refractivity (Wildman–Crippen MR) is 61.7 cm³/mol. The summed E-state index contributed by atoms with van der Waals surface area (Å²) in [5.41, 5.74) is 1.78. The Labute approximate surface area is 91.9 Å². The number of rotatable bonds is 6. The van der Waals surface area contributed by atoms with Crippen molar-refractivity contribution in [2.24, 2.45) is 12.5 Å². The van der Waals surface area contributed by atoms with E-state index in [4.69, 9.17) is 0 Å². The summed E-state index contributed by atoms with van der Waals surface area (Å²) in [5.74, 6) is 0. The van der Waals surface area contributed by atoms with Gasteiger partial charge in [-0.3, -0.25) is 4.68 Å². The van der Waals surface area contributed by atoms with Crippen LogP contribution in [0.15, 0.2) is 12.3 Å². The van der Waals surface area contributed by atoms with E-state index in [0.717, 1.165) is 19.5 Å². The first-order valence-corrected chi connectivity index (χ1v) is 5.93. The van der Waals surface area contributed by atoms with Crippen LogP contribution in [0, 0.1) is 5.41 Å². The number of hydrogen-bond acceptors (Lipinski definition) is 2. The molecule has 0 spiro atoms. The van der Waals surface area contributed by atoms with Crippen LogP contribution in [0.4, 0.5) is 0 Å². The van der Waals surface area contributed by atoms with E-state index in [1.165, 1.54) is 25.0 Å². The highest BCUT2D eigenvalue weighted by atomic mass is 15.2. The van der Waals surface area contributed by atoms with Crippen LogP contribution in [0.5, 0.6) is 0 Å². The molecule has 1 heterocycles. The van der Waals surface area contributed by atoms with Crippen LogP contribution < -0.4 is 5.32 Å². The minimum atomic E-state index is 0.531. The summed E-state index contributed by atoms with van der Waals surface area (Å²) in [6.45, 7) is 4.52. The maximum absolute atomic E-state index is 4.45. The average Bonchev–Trinajstić information content (AvgIpc) is 2.84. The SMILES string of the molecule is CCCNCC1(Cc2ccn(C)n2)CC1. The molecule has 1 N–H and O–H groups in total. The van der Waals surface area contributed by atoms with Crippen molar-refractivity contribution in [1.82, 2.24) is 15.1 Å². The van der Waals surface area contributed by atoms with Gasteiger partial charge in [0.15, 0.2) is 0 Å². The van der Waals surface area contributed by atoms with Crippen molar-refractivity contribution in [2.45, 2.75) is 32.6 Å². The predicted octanol–water partition coefficient (Wildman–Crippen LogP) is 1.74. The standard InChI is InChI=1S/C12H21N3/c1-3-7-13-10-12(5-6-12)9-11-4-8-15(2)14-11/h4,8,13H,3,5-7,9-10H2,1-2H3. The Morgan fingerprint density at radius 3 is 2.87 bits per heavy atom. The molecule has 3 heteroatoms. The van der Waals surface area contributed by atoms with E-state index in [0.29, 0.717) is 5.41 Å². The summed E-state index contributed by atoms with van der Waals surface area (Å²) in [6.07, 6.45) is 7.12. The molecule has 0 radical (unpaired) electrons. The lowest BCUT2D eigenvalue weighted by atomic mass is 10.0. The lowest BCUT2D eigenvalue weighted by Gasteiger charge is -2.14. The fourth-order valence-electron chi connectivity index (χ4n) is 2.06. The Morgan fingerprint density at radius 1 is 1.53 bits per heavy atom. The van der Waals surface area contributed by atoms with E-state index in [1.54, 1.807) is 0 Å². The maximum atomic E-state index is 4.45. The van der Waals surface area contributed by atoms with Crippen LogP contribution in [0.2, 0.25) is 0 Å². The number of aromatic nitrogens is 2. The van der Waals surface area contributed by atoms with Gasteiger partial charge in [-0.25, -0.2) is 0 Å². The van der Waals surface area contributed by atoms with E-state index in [-0.39, 0.29) is 0 Å². The normalized spacial score (nSPS) is 18.0. The van der Waals surface area contributed by atoms with Crippen molar-refractivity contribution in [3.05, 3.63) is 18.0 Å².